The maximum Gasteiger partial charge on any atom is 0.00926 e. The first-order valence-corrected chi connectivity index (χ1v) is 5.46. The van der Waals surface area contributed by atoms with Crippen molar-refractivity contribution in [2.45, 2.75) is 52.0 Å². The normalized spacial score (nSPS) is 31.2. The van der Waals surface area contributed by atoms with Gasteiger partial charge in [0.1, 0.15) is 0 Å². The highest BCUT2D eigenvalue weighted by atomic mass is 15.1. The van der Waals surface area contributed by atoms with E-state index < -0.39 is 0 Å². The van der Waals surface area contributed by atoms with Gasteiger partial charge >= 0.3 is 0 Å². The zero-order chi connectivity index (χ0) is 8.97. The predicted molar refractivity (Wildman–Crippen MR) is 54.3 cm³/mol. The summed E-state index contributed by atoms with van der Waals surface area (Å²) in [5.41, 5.74) is 0. The molecule has 1 heterocycles. The van der Waals surface area contributed by atoms with Gasteiger partial charge in [-0.3, -0.25) is 0 Å². The standard InChI is InChI=1S/C11H23N/c1-4-5-6-7-11-8-9-12(3)10(11)2/h10-11H,4-9H2,1-3H3/t10?,11-/m0/s1. The van der Waals surface area contributed by atoms with Crippen LogP contribution in [0.1, 0.15) is 46.0 Å². The van der Waals surface area contributed by atoms with Crippen molar-refractivity contribution in [3.05, 3.63) is 0 Å². The highest BCUT2D eigenvalue weighted by Crippen LogP contribution is 2.27. The van der Waals surface area contributed by atoms with E-state index in [-0.39, 0.29) is 0 Å². The van der Waals surface area contributed by atoms with Gasteiger partial charge < -0.3 is 4.90 Å². The average Bonchev–Trinajstić information content (AvgIpc) is 2.36. The smallest absolute Gasteiger partial charge is 0.00926 e. The maximum atomic E-state index is 2.50. The van der Waals surface area contributed by atoms with Crippen molar-refractivity contribution in [2.75, 3.05) is 13.6 Å². The van der Waals surface area contributed by atoms with Gasteiger partial charge in [-0.25, -0.2) is 0 Å². The maximum absolute atomic E-state index is 2.50. The molecule has 0 aromatic rings. The van der Waals surface area contributed by atoms with Gasteiger partial charge in [-0.2, -0.15) is 0 Å². The van der Waals surface area contributed by atoms with Gasteiger partial charge in [0.25, 0.3) is 0 Å². The van der Waals surface area contributed by atoms with Crippen molar-refractivity contribution >= 4 is 0 Å². The lowest BCUT2D eigenvalue weighted by atomic mass is 9.95. The molecule has 0 aliphatic carbocycles. The van der Waals surface area contributed by atoms with Crippen LogP contribution in [0, 0.1) is 5.92 Å². The van der Waals surface area contributed by atoms with E-state index in [9.17, 15) is 0 Å². The van der Waals surface area contributed by atoms with Crippen LogP contribution in [0.15, 0.2) is 0 Å². The first-order chi connectivity index (χ1) is 5.75. The molecule has 1 nitrogen and oxygen atoms in total. The number of hydrogen-bond donors (Lipinski definition) is 0. The van der Waals surface area contributed by atoms with E-state index in [0.29, 0.717) is 0 Å². The fourth-order valence-corrected chi connectivity index (χ4v) is 2.22. The third kappa shape index (κ3) is 2.48. The Morgan fingerprint density at radius 3 is 2.58 bits per heavy atom. The molecule has 0 spiro atoms. The van der Waals surface area contributed by atoms with Gasteiger partial charge in [0.15, 0.2) is 0 Å². The van der Waals surface area contributed by atoms with Crippen LogP contribution in [0.25, 0.3) is 0 Å². The second-order valence-electron chi connectivity index (χ2n) is 4.27. The number of rotatable bonds is 4. The molecule has 0 radical (unpaired) electrons. The topological polar surface area (TPSA) is 3.24 Å². The minimum absolute atomic E-state index is 0.835. The highest BCUT2D eigenvalue weighted by molar-refractivity contribution is 4.81. The van der Waals surface area contributed by atoms with Crippen molar-refractivity contribution in [1.82, 2.24) is 4.90 Å². The Kier molecular flexibility index (Phi) is 4.07. The van der Waals surface area contributed by atoms with Crippen molar-refractivity contribution in [2.24, 2.45) is 5.92 Å². The molecule has 2 atom stereocenters. The van der Waals surface area contributed by atoms with Gasteiger partial charge in [-0.15, -0.1) is 0 Å². The molecule has 1 saturated heterocycles. The molecule has 1 unspecified atom stereocenters. The van der Waals surface area contributed by atoms with Gasteiger partial charge in [-0.1, -0.05) is 26.2 Å². The van der Waals surface area contributed by atoms with Gasteiger partial charge in [0.2, 0.25) is 0 Å². The highest BCUT2D eigenvalue weighted by Gasteiger charge is 2.26. The third-order valence-corrected chi connectivity index (χ3v) is 3.41. The molecule has 0 N–H and O–H groups in total. The summed E-state index contributed by atoms with van der Waals surface area (Å²) in [6, 6.07) is 0.835. The van der Waals surface area contributed by atoms with E-state index in [2.05, 4.69) is 25.8 Å². The van der Waals surface area contributed by atoms with Crippen LogP contribution in [0.2, 0.25) is 0 Å². The first kappa shape index (κ1) is 10.0. The zero-order valence-corrected chi connectivity index (χ0v) is 8.84. The average molecular weight is 169 g/mol. The van der Waals surface area contributed by atoms with Gasteiger partial charge in [0, 0.05) is 6.04 Å². The molecular weight excluding hydrogens is 146 g/mol. The van der Waals surface area contributed by atoms with Crippen LogP contribution in [0.4, 0.5) is 0 Å². The SMILES string of the molecule is CCCCC[C@H]1CCN(C)C1C. The summed E-state index contributed by atoms with van der Waals surface area (Å²) in [4.78, 5) is 2.50. The summed E-state index contributed by atoms with van der Waals surface area (Å²) < 4.78 is 0. The number of hydrogen-bond acceptors (Lipinski definition) is 1. The van der Waals surface area contributed by atoms with E-state index in [1.165, 1.54) is 38.6 Å². The summed E-state index contributed by atoms with van der Waals surface area (Å²) in [7, 11) is 2.25. The summed E-state index contributed by atoms with van der Waals surface area (Å²) >= 11 is 0. The molecule has 0 saturated carbocycles. The molecular formula is C11H23N. The monoisotopic (exact) mass is 169 g/mol. The minimum Gasteiger partial charge on any atom is -0.303 e. The number of likely N-dealkylation sites (tertiary alicyclic amines) is 1. The van der Waals surface area contributed by atoms with E-state index in [1.807, 2.05) is 0 Å². The molecule has 72 valence electrons. The van der Waals surface area contributed by atoms with Gasteiger partial charge in [-0.05, 0) is 39.3 Å². The van der Waals surface area contributed by atoms with Crippen LogP contribution < -0.4 is 0 Å². The molecule has 1 aliphatic heterocycles. The molecule has 0 aromatic heterocycles. The number of unbranched alkanes of at least 4 members (excludes halogenated alkanes) is 2. The lowest BCUT2D eigenvalue weighted by molar-refractivity contribution is 0.281. The summed E-state index contributed by atoms with van der Waals surface area (Å²) in [6.07, 6.45) is 7.12. The van der Waals surface area contributed by atoms with E-state index in [4.69, 9.17) is 0 Å². The van der Waals surface area contributed by atoms with Crippen LogP contribution in [0.5, 0.6) is 0 Å². The second kappa shape index (κ2) is 4.86. The predicted octanol–water partition coefficient (Wildman–Crippen LogP) is 2.91. The number of nitrogens with zero attached hydrogens (tertiary/aromatic N) is 1. The van der Waals surface area contributed by atoms with Crippen molar-refractivity contribution in [3.8, 4) is 0 Å². The fraction of sp³-hybridized carbons (Fsp3) is 1.00. The first-order valence-electron chi connectivity index (χ1n) is 5.46. The van der Waals surface area contributed by atoms with Crippen LogP contribution in [-0.4, -0.2) is 24.5 Å². The molecule has 1 rings (SSSR count). The lowest BCUT2D eigenvalue weighted by Crippen LogP contribution is -2.25. The molecule has 12 heavy (non-hydrogen) atoms. The van der Waals surface area contributed by atoms with Crippen molar-refractivity contribution in [1.29, 1.82) is 0 Å². The van der Waals surface area contributed by atoms with Crippen LogP contribution in [0.3, 0.4) is 0 Å². The molecule has 0 aromatic carbocycles. The quantitative estimate of drug-likeness (QED) is 0.585. The zero-order valence-electron chi connectivity index (χ0n) is 8.84. The molecule has 1 aliphatic rings. The molecule has 0 amide bonds. The van der Waals surface area contributed by atoms with Crippen LogP contribution in [-0.2, 0) is 0 Å². The summed E-state index contributed by atoms with van der Waals surface area (Å²) in [5, 5.41) is 0. The summed E-state index contributed by atoms with van der Waals surface area (Å²) in [5.74, 6) is 0.988. The lowest BCUT2D eigenvalue weighted by Gasteiger charge is -2.20. The van der Waals surface area contributed by atoms with Crippen molar-refractivity contribution < 1.29 is 0 Å². The Hall–Kier alpha value is -0.0400. The van der Waals surface area contributed by atoms with E-state index in [0.717, 1.165) is 12.0 Å². The third-order valence-electron chi connectivity index (χ3n) is 3.41. The fourth-order valence-electron chi connectivity index (χ4n) is 2.22. The van der Waals surface area contributed by atoms with E-state index >= 15 is 0 Å². The Balaban J connectivity index is 2.16. The van der Waals surface area contributed by atoms with Crippen LogP contribution >= 0.6 is 0 Å². The Labute approximate surface area is 77.1 Å². The molecule has 1 heteroatoms. The Morgan fingerprint density at radius 2 is 2.08 bits per heavy atom. The largest absolute Gasteiger partial charge is 0.303 e. The van der Waals surface area contributed by atoms with E-state index in [1.54, 1.807) is 0 Å². The van der Waals surface area contributed by atoms with Gasteiger partial charge in [0.05, 0.1) is 0 Å². The second-order valence-corrected chi connectivity index (χ2v) is 4.27. The Morgan fingerprint density at radius 1 is 1.33 bits per heavy atom. The Bertz CT molecular complexity index is 122. The molecule has 0 bridgehead atoms. The summed E-state index contributed by atoms with van der Waals surface area (Å²) in [6.45, 7) is 5.98. The minimum atomic E-state index is 0.835. The van der Waals surface area contributed by atoms with Crippen molar-refractivity contribution in [3.63, 3.8) is 0 Å². The molecule has 1 fully saturated rings.